The lowest BCUT2D eigenvalue weighted by Gasteiger charge is -2.30. The highest BCUT2D eigenvalue weighted by atomic mass is 16.6. The van der Waals surface area contributed by atoms with E-state index in [0.29, 0.717) is 90.1 Å². The molecule has 480 valence electrons. The van der Waals surface area contributed by atoms with Crippen LogP contribution in [0.15, 0.2) is 146 Å². The van der Waals surface area contributed by atoms with Crippen molar-refractivity contribution >= 4 is 44.1 Å². The topological polar surface area (TPSA) is 177 Å². The SMILES string of the molecule is CCCCCC1c2cc3c4cc2Oc2nc5ccccc5nc2Oc2cc5c(cc21)C(CCCCC)c1cc2c(cc1Oc1nc6ccccc6nc1O5)Oc1nc5ccccc5nc1Oc1cc(c(cc1C2CCCCC)C3CCCCC)Oc1nc2ccccc2nc1O4. The minimum absolute atomic E-state index is 0.188. The summed E-state index contributed by atoms with van der Waals surface area (Å²) in [6.07, 6.45) is 14.5. The van der Waals surface area contributed by atoms with Crippen LogP contribution in [0.5, 0.6) is 93.0 Å². The van der Waals surface area contributed by atoms with Crippen LogP contribution in [0.1, 0.15) is 199 Å². The zero-order valence-corrected chi connectivity index (χ0v) is 54.3. The number of fused-ring (bicyclic) bond motifs is 8. The number of hydrogen-bond donors (Lipinski definition) is 0. The fourth-order valence-corrected chi connectivity index (χ4v) is 14.8. The van der Waals surface area contributed by atoms with Gasteiger partial charge in [-0.05, 0) is 98.5 Å². The zero-order chi connectivity index (χ0) is 64.4. The van der Waals surface area contributed by atoms with Crippen LogP contribution in [0.2, 0.25) is 0 Å². The molecule has 0 amide bonds. The van der Waals surface area contributed by atoms with Gasteiger partial charge in [-0.15, -0.1) is 0 Å². The summed E-state index contributed by atoms with van der Waals surface area (Å²) in [7, 11) is 0. The summed E-state index contributed by atoms with van der Waals surface area (Å²) in [5.74, 6) is 4.45. The maximum Gasteiger partial charge on any atom is 0.284 e. The van der Waals surface area contributed by atoms with E-state index < -0.39 is 0 Å². The lowest BCUT2D eigenvalue weighted by atomic mass is 9.76. The highest BCUT2D eigenvalue weighted by molar-refractivity contribution is 5.80. The minimum atomic E-state index is -0.344. The lowest BCUT2D eigenvalue weighted by Crippen LogP contribution is -2.13. The zero-order valence-electron chi connectivity index (χ0n) is 54.3. The van der Waals surface area contributed by atoms with Gasteiger partial charge in [-0.2, -0.15) is 0 Å². The Balaban J connectivity index is 1.06. The second kappa shape index (κ2) is 25.0. The molecule has 0 unspecified atom stereocenters. The molecule has 8 bridgehead atoms. The maximum atomic E-state index is 7.42. The number of para-hydroxylation sites is 8. The van der Waals surface area contributed by atoms with E-state index in [1.54, 1.807) is 0 Å². The fraction of sp³-hybridized carbons (Fsp3) is 0.300. The number of ether oxygens (including phenoxy) is 8. The molecule has 8 aromatic carbocycles. The van der Waals surface area contributed by atoms with Crippen LogP contribution in [-0.4, -0.2) is 39.9 Å². The number of rotatable bonds is 16. The molecule has 0 saturated carbocycles. The van der Waals surface area contributed by atoms with Gasteiger partial charge in [0.25, 0.3) is 47.0 Å². The maximum absolute atomic E-state index is 7.42. The molecule has 5 aliphatic rings. The molecule has 16 nitrogen and oxygen atoms in total. The van der Waals surface area contributed by atoms with E-state index in [1.165, 1.54) is 0 Å². The molecule has 0 N–H and O–H groups in total. The third-order valence-corrected chi connectivity index (χ3v) is 19.6. The fourth-order valence-electron chi connectivity index (χ4n) is 14.8. The van der Waals surface area contributed by atoms with Crippen molar-refractivity contribution in [2.45, 2.75) is 154 Å². The highest BCUT2D eigenvalue weighted by Gasteiger charge is 2.40. The number of benzene rings is 8. The van der Waals surface area contributed by atoms with Crippen molar-refractivity contribution in [2.24, 2.45) is 0 Å². The van der Waals surface area contributed by atoms with Crippen molar-refractivity contribution in [2.75, 3.05) is 0 Å². The third kappa shape index (κ3) is 10.8. The second-order valence-corrected chi connectivity index (χ2v) is 26.0. The highest BCUT2D eigenvalue weighted by Crippen LogP contribution is 2.59. The summed E-state index contributed by atoms with van der Waals surface area (Å²) >= 11 is 0. The molecular formula is C80H72N8O8. The van der Waals surface area contributed by atoms with E-state index in [9.17, 15) is 0 Å². The van der Waals surface area contributed by atoms with Crippen molar-refractivity contribution in [1.29, 1.82) is 0 Å². The second-order valence-electron chi connectivity index (χ2n) is 26.0. The van der Waals surface area contributed by atoms with Crippen molar-refractivity contribution in [3.05, 3.63) is 190 Å². The van der Waals surface area contributed by atoms with Crippen LogP contribution in [0.4, 0.5) is 0 Å². The monoisotopic (exact) mass is 1270 g/mol. The Morgan fingerprint density at radius 1 is 0.219 bits per heavy atom. The summed E-state index contributed by atoms with van der Waals surface area (Å²) in [4.78, 5) is 42.0. The van der Waals surface area contributed by atoms with E-state index in [2.05, 4.69) is 52.0 Å². The molecule has 17 rings (SSSR count). The number of unbranched alkanes of at least 4 members (excludes halogenated alkanes) is 8. The molecule has 0 radical (unpaired) electrons. The first-order valence-electron chi connectivity index (χ1n) is 34.5. The van der Waals surface area contributed by atoms with Gasteiger partial charge in [0.1, 0.15) is 46.0 Å². The quantitative estimate of drug-likeness (QED) is 0.0834. The van der Waals surface area contributed by atoms with E-state index in [-0.39, 0.29) is 70.7 Å². The van der Waals surface area contributed by atoms with Crippen LogP contribution in [0, 0.1) is 0 Å². The van der Waals surface area contributed by atoms with E-state index in [1.807, 2.05) is 121 Å². The molecular weight excluding hydrogens is 1200 g/mol. The molecule has 0 atom stereocenters. The Bertz CT molecular complexity index is 4160. The van der Waals surface area contributed by atoms with Gasteiger partial charge < -0.3 is 37.9 Å². The molecule has 16 heteroatoms. The predicted octanol–water partition coefficient (Wildman–Crippen LogP) is 22.2. The lowest BCUT2D eigenvalue weighted by molar-refractivity contribution is 0.377. The van der Waals surface area contributed by atoms with Gasteiger partial charge in [0, 0.05) is 92.4 Å². The van der Waals surface area contributed by atoms with Crippen molar-refractivity contribution < 1.29 is 37.9 Å². The van der Waals surface area contributed by atoms with Crippen LogP contribution in [0.3, 0.4) is 0 Å². The summed E-state index contributed by atoms with van der Waals surface area (Å²) in [6, 6.07) is 48.7. The van der Waals surface area contributed by atoms with E-state index in [4.69, 9.17) is 77.8 Å². The number of aromatic nitrogens is 8. The van der Waals surface area contributed by atoms with Gasteiger partial charge in [-0.25, -0.2) is 39.9 Å². The predicted molar refractivity (Wildman–Crippen MR) is 368 cm³/mol. The first kappa shape index (κ1) is 59.3. The van der Waals surface area contributed by atoms with Crippen LogP contribution in [-0.2, 0) is 0 Å². The number of hydrogen-bond acceptors (Lipinski definition) is 16. The molecule has 8 heterocycles. The van der Waals surface area contributed by atoms with Gasteiger partial charge in [-0.1, -0.05) is 153 Å². The van der Waals surface area contributed by atoms with E-state index >= 15 is 0 Å². The minimum Gasteiger partial charge on any atom is -0.434 e. The molecule has 96 heavy (non-hydrogen) atoms. The Morgan fingerprint density at radius 3 is 0.521 bits per heavy atom. The molecule has 0 saturated heterocycles. The van der Waals surface area contributed by atoms with Gasteiger partial charge in [0.15, 0.2) is 0 Å². The van der Waals surface area contributed by atoms with Crippen LogP contribution < -0.4 is 37.9 Å². The average Bonchev–Trinajstić information content (AvgIpc) is 1.49. The van der Waals surface area contributed by atoms with Crippen LogP contribution >= 0.6 is 0 Å². The van der Waals surface area contributed by atoms with Crippen molar-refractivity contribution in [1.82, 2.24) is 39.9 Å². The molecule has 0 fully saturated rings. The van der Waals surface area contributed by atoms with Crippen molar-refractivity contribution in [3.8, 4) is 93.0 Å². The number of nitrogens with zero attached hydrogens (tertiary/aromatic N) is 8. The molecule has 12 aromatic rings. The standard InChI is InChI=1S/C80H72N8O8/c1-5-9-13-25-45-49-37-51-46(26-14-10-6-2)53-39-55-48(28-16-12-8-4)56-40-54-47(27-15-11-7-3)52-38-50(45)66-42-68(52)92-76-78(86-62-34-22-20-32-60(62)84-76)94-70(54)44-72(56)96-80-79(87-63-35-23-24-36-64(63)88-80)95-71(55)43-69(53)93-77-75(83-59-31-19-21-33-61(59)85-77)91-67(51)41-65(49)89-73-74(90-66)82-58-30-18-17-29-57(58)81-73/h17-24,29-48H,5-16,25-28H2,1-4H3. The van der Waals surface area contributed by atoms with Gasteiger partial charge in [0.2, 0.25) is 0 Å². The van der Waals surface area contributed by atoms with Gasteiger partial charge >= 0.3 is 0 Å². The molecule has 1 aliphatic carbocycles. The molecule has 4 aromatic heterocycles. The van der Waals surface area contributed by atoms with Crippen LogP contribution in [0.25, 0.3) is 44.1 Å². The van der Waals surface area contributed by atoms with E-state index in [0.717, 1.165) is 147 Å². The first-order chi connectivity index (χ1) is 47.3. The Labute approximate surface area is 556 Å². The van der Waals surface area contributed by atoms with Gasteiger partial charge in [0.05, 0.1) is 44.1 Å². The summed E-state index contributed by atoms with van der Waals surface area (Å²) in [5.41, 5.74) is 12.6. The summed E-state index contributed by atoms with van der Waals surface area (Å²) < 4.78 is 59.4. The first-order valence-corrected chi connectivity index (χ1v) is 34.5. The van der Waals surface area contributed by atoms with Crippen molar-refractivity contribution in [3.63, 3.8) is 0 Å². The summed E-state index contributed by atoms with van der Waals surface area (Å²) in [6.45, 7) is 9.00. The Morgan fingerprint density at radius 2 is 0.375 bits per heavy atom. The third-order valence-electron chi connectivity index (χ3n) is 19.6. The van der Waals surface area contributed by atoms with Gasteiger partial charge in [-0.3, -0.25) is 0 Å². The Kier molecular flexibility index (Phi) is 15.4. The Hall–Kier alpha value is -10.5. The molecule has 0 spiro atoms. The largest absolute Gasteiger partial charge is 0.434 e. The molecule has 4 aliphatic heterocycles. The summed E-state index contributed by atoms with van der Waals surface area (Å²) in [5, 5.41) is 0. The average molecular weight is 1270 g/mol. The normalized spacial score (nSPS) is 16.6. The smallest absolute Gasteiger partial charge is 0.284 e.